The van der Waals surface area contributed by atoms with Crippen molar-refractivity contribution in [3.63, 3.8) is 0 Å². The second-order valence-electron chi connectivity index (χ2n) is 8.45. The lowest BCUT2D eigenvalue weighted by Crippen LogP contribution is -2.52. The van der Waals surface area contributed by atoms with Gasteiger partial charge in [0.1, 0.15) is 0 Å². The molecule has 2 saturated carbocycles. The third-order valence-electron chi connectivity index (χ3n) is 7.15. The Morgan fingerprint density at radius 3 is 2.43 bits per heavy atom. The van der Waals surface area contributed by atoms with Gasteiger partial charge in [0.25, 0.3) is 0 Å². The molecular weight excluding hydrogens is 256 g/mol. The predicted molar refractivity (Wildman–Crippen MR) is 89.2 cm³/mol. The molecule has 3 aliphatic rings. The van der Waals surface area contributed by atoms with E-state index < -0.39 is 0 Å². The fourth-order valence-corrected chi connectivity index (χ4v) is 6.11. The first-order valence-corrected chi connectivity index (χ1v) is 9.81. The molecule has 0 amide bonds. The number of hydrogen-bond acceptors (Lipinski definition) is 1. The van der Waals surface area contributed by atoms with Crippen molar-refractivity contribution in [3.05, 3.63) is 0 Å². The van der Waals surface area contributed by atoms with E-state index in [0.29, 0.717) is 12.2 Å². The summed E-state index contributed by atoms with van der Waals surface area (Å²) in [6, 6.07) is 0. The van der Waals surface area contributed by atoms with Crippen LogP contribution in [0.5, 0.6) is 0 Å². The molecular formula is C20H36O. The maximum Gasteiger partial charge on any atom is 0.0615 e. The van der Waals surface area contributed by atoms with E-state index in [4.69, 9.17) is 4.74 Å². The van der Waals surface area contributed by atoms with E-state index >= 15 is 0 Å². The Labute approximate surface area is 132 Å². The minimum atomic E-state index is 0.561. The first kappa shape index (κ1) is 15.8. The van der Waals surface area contributed by atoms with Crippen LogP contribution in [0.3, 0.4) is 0 Å². The summed E-state index contributed by atoms with van der Waals surface area (Å²) in [5, 5.41) is 0. The van der Waals surface area contributed by atoms with Gasteiger partial charge in [-0.2, -0.15) is 0 Å². The first-order chi connectivity index (χ1) is 10.2. The van der Waals surface area contributed by atoms with Gasteiger partial charge in [-0.1, -0.05) is 53.4 Å². The zero-order valence-corrected chi connectivity index (χ0v) is 14.7. The van der Waals surface area contributed by atoms with Crippen LogP contribution in [0.15, 0.2) is 0 Å². The number of ether oxygens (including phenoxy) is 1. The Bertz CT molecular complexity index is 339. The van der Waals surface area contributed by atoms with E-state index in [1.807, 2.05) is 0 Å². The fourth-order valence-electron chi connectivity index (χ4n) is 6.11. The van der Waals surface area contributed by atoms with Crippen LogP contribution in [0.1, 0.15) is 79.1 Å². The molecule has 1 heterocycles. The van der Waals surface area contributed by atoms with Gasteiger partial charge < -0.3 is 4.74 Å². The highest BCUT2D eigenvalue weighted by atomic mass is 16.5. The molecule has 122 valence electrons. The summed E-state index contributed by atoms with van der Waals surface area (Å²) in [4.78, 5) is 0. The van der Waals surface area contributed by atoms with Gasteiger partial charge in [0.15, 0.2) is 0 Å². The Hall–Kier alpha value is -0.0400. The molecule has 1 heteroatoms. The summed E-state index contributed by atoms with van der Waals surface area (Å²) in [5.41, 5.74) is 0. The Morgan fingerprint density at radius 1 is 0.952 bits per heavy atom. The highest BCUT2D eigenvalue weighted by Crippen LogP contribution is 2.54. The molecule has 3 fully saturated rings. The van der Waals surface area contributed by atoms with Crippen LogP contribution < -0.4 is 0 Å². The molecule has 0 spiro atoms. The molecule has 0 aromatic rings. The smallest absolute Gasteiger partial charge is 0.0615 e. The van der Waals surface area contributed by atoms with Gasteiger partial charge >= 0.3 is 0 Å². The molecule has 0 N–H and O–H groups in total. The third-order valence-corrected chi connectivity index (χ3v) is 7.15. The van der Waals surface area contributed by atoms with E-state index in [-0.39, 0.29) is 0 Å². The first-order valence-electron chi connectivity index (χ1n) is 9.81. The molecule has 21 heavy (non-hydrogen) atoms. The van der Waals surface area contributed by atoms with Crippen LogP contribution in [0.4, 0.5) is 0 Å². The second kappa shape index (κ2) is 6.60. The molecule has 0 aromatic heterocycles. The van der Waals surface area contributed by atoms with Crippen molar-refractivity contribution in [3.8, 4) is 0 Å². The third kappa shape index (κ3) is 2.92. The highest BCUT2D eigenvalue weighted by Gasteiger charge is 2.51. The molecule has 3 rings (SSSR count). The quantitative estimate of drug-likeness (QED) is 0.650. The molecule has 2 aliphatic carbocycles. The van der Waals surface area contributed by atoms with Crippen molar-refractivity contribution < 1.29 is 4.74 Å². The largest absolute Gasteiger partial charge is 0.374 e. The van der Waals surface area contributed by atoms with Gasteiger partial charge in [-0.15, -0.1) is 0 Å². The minimum Gasteiger partial charge on any atom is -0.374 e. The van der Waals surface area contributed by atoms with Crippen LogP contribution >= 0.6 is 0 Å². The van der Waals surface area contributed by atoms with Crippen molar-refractivity contribution in [1.29, 1.82) is 0 Å². The fraction of sp³-hybridized carbons (Fsp3) is 1.00. The second-order valence-corrected chi connectivity index (χ2v) is 8.45. The number of hydrogen-bond donors (Lipinski definition) is 0. The molecule has 8 unspecified atom stereocenters. The van der Waals surface area contributed by atoms with Gasteiger partial charge in [-0.3, -0.25) is 0 Å². The van der Waals surface area contributed by atoms with Crippen LogP contribution in [0, 0.1) is 35.5 Å². The monoisotopic (exact) mass is 292 g/mol. The predicted octanol–water partition coefficient (Wildman–Crippen LogP) is 5.68. The molecule has 0 radical (unpaired) electrons. The molecule has 1 aliphatic heterocycles. The average Bonchev–Trinajstić information content (AvgIpc) is 2.63. The van der Waals surface area contributed by atoms with E-state index in [9.17, 15) is 0 Å². The lowest BCUT2D eigenvalue weighted by atomic mass is 9.58. The number of rotatable bonds is 3. The summed E-state index contributed by atoms with van der Waals surface area (Å²) < 4.78 is 6.77. The zero-order valence-electron chi connectivity index (χ0n) is 14.7. The molecule has 1 saturated heterocycles. The lowest BCUT2D eigenvalue weighted by Gasteiger charge is -2.54. The van der Waals surface area contributed by atoms with Crippen molar-refractivity contribution in [2.24, 2.45) is 35.5 Å². The summed E-state index contributed by atoms with van der Waals surface area (Å²) in [6.07, 6.45) is 12.2. The van der Waals surface area contributed by atoms with Crippen LogP contribution in [0.25, 0.3) is 0 Å². The van der Waals surface area contributed by atoms with Gasteiger partial charge in [0.2, 0.25) is 0 Å². The van der Waals surface area contributed by atoms with E-state index in [1.165, 1.54) is 51.4 Å². The SMILES string of the molecule is CCCC1OC2CC(C)CCC3C(C)CCC(C1CC)C23. The maximum absolute atomic E-state index is 6.77. The van der Waals surface area contributed by atoms with E-state index in [0.717, 1.165) is 35.5 Å². The van der Waals surface area contributed by atoms with E-state index in [1.54, 1.807) is 0 Å². The van der Waals surface area contributed by atoms with Crippen molar-refractivity contribution in [2.45, 2.75) is 91.3 Å². The van der Waals surface area contributed by atoms with Gasteiger partial charge in [-0.25, -0.2) is 0 Å². The van der Waals surface area contributed by atoms with Crippen molar-refractivity contribution >= 4 is 0 Å². The van der Waals surface area contributed by atoms with Crippen LogP contribution in [-0.2, 0) is 4.74 Å². The molecule has 0 bridgehead atoms. The Morgan fingerprint density at radius 2 is 1.71 bits per heavy atom. The Balaban J connectivity index is 1.88. The zero-order chi connectivity index (χ0) is 15.0. The Kier molecular flexibility index (Phi) is 4.98. The van der Waals surface area contributed by atoms with Crippen LogP contribution in [0.2, 0.25) is 0 Å². The molecule has 8 atom stereocenters. The summed E-state index contributed by atoms with van der Waals surface area (Å²) >= 11 is 0. The van der Waals surface area contributed by atoms with Gasteiger partial charge in [0, 0.05) is 0 Å². The normalized spacial score (nSPS) is 50.3. The maximum atomic E-state index is 6.77. The summed E-state index contributed by atoms with van der Waals surface area (Å²) in [5.74, 6) is 5.45. The minimum absolute atomic E-state index is 0.561. The van der Waals surface area contributed by atoms with Gasteiger partial charge in [0.05, 0.1) is 12.2 Å². The van der Waals surface area contributed by atoms with Crippen molar-refractivity contribution in [2.75, 3.05) is 0 Å². The summed E-state index contributed by atoms with van der Waals surface area (Å²) in [7, 11) is 0. The van der Waals surface area contributed by atoms with Gasteiger partial charge in [-0.05, 0) is 61.2 Å². The average molecular weight is 293 g/mol. The van der Waals surface area contributed by atoms with Crippen molar-refractivity contribution in [1.82, 2.24) is 0 Å². The topological polar surface area (TPSA) is 9.23 Å². The van der Waals surface area contributed by atoms with E-state index in [2.05, 4.69) is 27.7 Å². The standard InChI is InChI=1S/C20H36O/c1-5-7-18-15(6-2)17-11-9-14(4)16-10-8-13(3)12-19(21-18)20(16)17/h13-20H,5-12H2,1-4H3. The lowest BCUT2D eigenvalue weighted by molar-refractivity contribution is -0.181. The van der Waals surface area contributed by atoms with Crippen LogP contribution in [-0.4, -0.2) is 12.2 Å². The highest BCUT2D eigenvalue weighted by molar-refractivity contribution is 4.99. The molecule has 1 nitrogen and oxygen atoms in total. The molecule has 0 aromatic carbocycles. The summed E-state index contributed by atoms with van der Waals surface area (Å²) in [6.45, 7) is 9.71.